The summed E-state index contributed by atoms with van der Waals surface area (Å²) in [5.41, 5.74) is 2.05. The van der Waals surface area contributed by atoms with Gasteiger partial charge in [0.2, 0.25) is 0 Å². The van der Waals surface area contributed by atoms with E-state index in [4.69, 9.17) is 0 Å². The van der Waals surface area contributed by atoms with Crippen molar-refractivity contribution in [2.75, 3.05) is 43.9 Å². The number of amides is 3. The lowest BCUT2D eigenvalue weighted by molar-refractivity contribution is 0.0773. The minimum atomic E-state index is -0.248. The molecule has 0 saturated heterocycles. The molecule has 24 heavy (non-hydrogen) atoms. The number of hydrogen-bond donors (Lipinski definition) is 2. The number of hydrogen-bond acceptors (Lipinski definition) is 3. The van der Waals surface area contributed by atoms with E-state index in [0.717, 1.165) is 18.5 Å². The van der Waals surface area contributed by atoms with Gasteiger partial charge in [-0.3, -0.25) is 4.79 Å². The first kappa shape index (κ1) is 19.8. The molecule has 1 aromatic carbocycles. The highest BCUT2D eigenvalue weighted by atomic mass is 16.2. The third-order valence-corrected chi connectivity index (χ3v) is 3.83. The maximum atomic E-state index is 12.8. The molecule has 0 aliphatic rings. The van der Waals surface area contributed by atoms with Crippen LogP contribution in [-0.2, 0) is 0 Å². The number of benzene rings is 1. The van der Waals surface area contributed by atoms with E-state index < -0.39 is 0 Å². The molecular formula is C18H30N4O2. The molecule has 0 atom stereocenters. The number of carbonyl (C=O) groups excluding carboxylic acids is 2. The van der Waals surface area contributed by atoms with Gasteiger partial charge >= 0.3 is 6.03 Å². The van der Waals surface area contributed by atoms with Crippen molar-refractivity contribution in [2.24, 2.45) is 0 Å². The number of urea groups is 1. The number of carbonyl (C=O) groups is 2. The summed E-state index contributed by atoms with van der Waals surface area (Å²) >= 11 is 0. The largest absolute Gasteiger partial charge is 0.377 e. The lowest BCUT2D eigenvalue weighted by Gasteiger charge is -2.23. The minimum Gasteiger partial charge on any atom is -0.377 e. The summed E-state index contributed by atoms with van der Waals surface area (Å²) in [6.45, 7) is 7.93. The third-order valence-electron chi connectivity index (χ3n) is 3.83. The number of rotatable bonds is 8. The van der Waals surface area contributed by atoms with Crippen LogP contribution in [-0.4, -0.2) is 50.6 Å². The Morgan fingerprint density at radius 2 is 1.75 bits per heavy atom. The van der Waals surface area contributed by atoms with Crippen LogP contribution >= 0.6 is 0 Å². The van der Waals surface area contributed by atoms with Gasteiger partial charge in [0.05, 0.1) is 5.56 Å². The Morgan fingerprint density at radius 3 is 2.29 bits per heavy atom. The van der Waals surface area contributed by atoms with Crippen LogP contribution in [0.3, 0.4) is 0 Å². The van der Waals surface area contributed by atoms with Gasteiger partial charge in [-0.25, -0.2) is 4.79 Å². The summed E-state index contributed by atoms with van der Waals surface area (Å²) < 4.78 is 0. The quantitative estimate of drug-likeness (QED) is 0.718. The van der Waals surface area contributed by atoms with E-state index in [2.05, 4.69) is 17.6 Å². The topological polar surface area (TPSA) is 64.7 Å². The SMILES string of the molecule is CCCCNC(=O)Nc1ccc(N(C)C)c(C(=O)N(CC)CC)c1. The van der Waals surface area contributed by atoms with Gasteiger partial charge in [-0.1, -0.05) is 13.3 Å². The van der Waals surface area contributed by atoms with Crippen molar-refractivity contribution < 1.29 is 9.59 Å². The zero-order valence-electron chi connectivity index (χ0n) is 15.5. The maximum Gasteiger partial charge on any atom is 0.319 e. The van der Waals surface area contributed by atoms with Crippen molar-refractivity contribution in [1.82, 2.24) is 10.2 Å². The highest BCUT2D eigenvalue weighted by Gasteiger charge is 2.18. The van der Waals surface area contributed by atoms with Gasteiger partial charge < -0.3 is 20.4 Å². The van der Waals surface area contributed by atoms with Crippen LogP contribution in [0.5, 0.6) is 0 Å². The molecule has 0 aromatic heterocycles. The van der Waals surface area contributed by atoms with Crippen LogP contribution < -0.4 is 15.5 Å². The zero-order valence-corrected chi connectivity index (χ0v) is 15.5. The molecule has 6 heteroatoms. The van der Waals surface area contributed by atoms with Gasteiger partial charge in [0, 0.05) is 45.1 Å². The smallest absolute Gasteiger partial charge is 0.319 e. The predicted octanol–water partition coefficient (Wildman–Crippen LogP) is 3.16. The number of anilines is 2. The summed E-state index contributed by atoms with van der Waals surface area (Å²) in [5, 5.41) is 5.61. The fraction of sp³-hybridized carbons (Fsp3) is 0.556. The van der Waals surface area contributed by atoms with Gasteiger partial charge in [-0.05, 0) is 38.5 Å². The average Bonchev–Trinajstić information content (AvgIpc) is 2.55. The molecule has 6 nitrogen and oxygen atoms in total. The first-order valence-electron chi connectivity index (χ1n) is 8.60. The van der Waals surface area contributed by atoms with Crippen LogP contribution in [0.4, 0.5) is 16.2 Å². The van der Waals surface area contributed by atoms with Crippen molar-refractivity contribution in [3.05, 3.63) is 23.8 Å². The standard InChI is InChI=1S/C18H30N4O2/c1-6-9-12-19-18(24)20-14-10-11-16(21(4)5)15(13-14)17(23)22(7-2)8-3/h10-11,13H,6-9,12H2,1-5H3,(H2,19,20,24). The van der Waals surface area contributed by atoms with E-state index in [1.165, 1.54) is 0 Å². The third kappa shape index (κ3) is 5.44. The normalized spacial score (nSPS) is 10.2. The monoisotopic (exact) mass is 334 g/mol. The molecule has 1 aromatic rings. The Morgan fingerprint density at radius 1 is 1.08 bits per heavy atom. The Labute approximate surface area is 145 Å². The molecule has 134 valence electrons. The molecule has 2 N–H and O–H groups in total. The Kier molecular flexibility index (Phi) is 8.09. The number of nitrogens with zero attached hydrogens (tertiary/aromatic N) is 2. The summed E-state index contributed by atoms with van der Waals surface area (Å²) in [7, 11) is 3.80. The molecule has 0 bridgehead atoms. The van der Waals surface area contributed by atoms with E-state index in [0.29, 0.717) is 30.9 Å². The van der Waals surface area contributed by atoms with Crippen molar-refractivity contribution in [3.63, 3.8) is 0 Å². The zero-order chi connectivity index (χ0) is 18.1. The molecule has 1 rings (SSSR count). The van der Waals surface area contributed by atoms with Gasteiger partial charge in [0.25, 0.3) is 5.91 Å². The molecule has 0 aliphatic carbocycles. The molecule has 0 radical (unpaired) electrons. The predicted molar refractivity (Wildman–Crippen MR) is 99.9 cm³/mol. The van der Waals surface area contributed by atoms with Gasteiger partial charge in [-0.2, -0.15) is 0 Å². The lowest BCUT2D eigenvalue weighted by Crippen LogP contribution is -2.32. The Hall–Kier alpha value is -2.24. The fourth-order valence-electron chi connectivity index (χ4n) is 2.41. The van der Waals surface area contributed by atoms with Crippen LogP contribution in [0, 0.1) is 0 Å². The fourth-order valence-corrected chi connectivity index (χ4v) is 2.41. The van der Waals surface area contributed by atoms with Crippen LogP contribution in [0.15, 0.2) is 18.2 Å². The summed E-state index contributed by atoms with van der Waals surface area (Å²) in [5.74, 6) is -0.0289. The van der Waals surface area contributed by atoms with E-state index in [9.17, 15) is 9.59 Å². The van der Waals surface area contributed by atoms with Crippen molar-refractivity contribution in [3.8, 4) is 0 Å². The van der Waals surface area contributed by atoms with E-state index in [1.807, 2.05) is 45.0 Å². The van der Waals surface area contributed by atoms with Gasteiger partial charge in [-0.15, -0.1) is 0 Å². The highest BCUT2D eigenvalue weighted by molar-refractivity contribution is 6.01. The van der Waals surface area contributed by atoms with Crippen molar-refractivity contribution in [2.45, 2.75) is 33.6 Å². The van der Waals surface area contributed by atoms with E-state index >= 15 is 0 Å². The van der Waals surface area contributed by atoms with Crippen LogP contribution in [0.1, 0.15) is 44.0 Å². The molecule has 0 heterocycles. The second kappa shape index (κ2) is 9.80. The van der Waals surface area contributed by atoms with Crippen LogP contribution in [0.25, 0.3) is 0 Å². The van der Waals surface area contributed by atoms with E-state index in [1.54, 1.807) is 11.0 Å². The second-order valence-electron chi connectivity index (χ2n) is 5.84. The molecule has 0 unspecified atom stereocenters. The Bertz CT molecular complexity index is 554. The first-order chi connectivity index (χ1) is 11.4. The molecule has 0 spiro atoms. The molecular weight excluding hydrogens is 304 g/mol. The van der Waals surface area contributed by atoms with Crippen LogP contribution in [0.2, 0.25) is 0 Å². The summed E-state index contributed by atoms with van der Waals surface area (Å²) in [4.78, 5) is 28.3. The molecule has 0 aliphatic heterocycles. The second-order valence-corrected chi connectivity index (χ2v) is 5.84. The van der Waals surface area contributed by atoms with Crippen molar-refractivity contribution >= 4 is 23.3 Å². The minimum absolute atomic E-state index is 0.0289. The van der Waals surface area contributed by atoms with E-state index in [-0.39, 0.29) is 11.9 Å². The summed E-state index contributed by atoms with van der Waals surface area (Å²) in [6, 6.07) is 5.17. The molecule has 0 saturated carbocycles. The highest BCUT2D eigenvalue weighted by Crippen LogP contribution is 2.24. The molecule has 0 fully saturated rings. The van der Waals surface area contributed by atoms with Crippen molar-refractivity contribution in [1.29, 1.82) is 0 Å². The maximum absolute atomic E-state index is 12.8. The molecule has 3 amide bonds. The summed E-state index contributed by atoms with van der Waals surface area (Å²) in [6.07, 6.45) is 1.97. The Balaban J connectivity index is 2.99. The van der Waals surface area contributed by atoms with Gasteiger partial charge in [0.1, 0.15) is 0 Å². The average molecular weight is 334 g/mol. The number of nitrogens with one attached hydrogen (secondary N) is 2. The number of unbranched alkanes of at least 4 members (excludes halogenated alkanes) is 1. The van der Waals surface area contributed by atoms with Gasteiger partial charge in [0.15, 0.2) is 0 Å². The first-order valence-corrected chi connectivity index (χ1v) is 8.60. The lowest BCUT2D eigenvalue weighted by atomic mass is 10.1.